The third-order valence-electron chi connectivity index (χ3n) is 4.37. The first-order chi connectivity index (χ1) is 11.8. The zero-order chi connectivity index (χ0) is 17.0. The molecule has 134 valence electrons. The van der Waals surface area contributed by atoms with Gasteiger partial charge in [0.15, 0.2) is 0 Å². The highest BCUT2D eigenvalue weighted by atomic mass is 16.6. The molecule has 0 saturated heterocycles. The molecule has 0 aromatic carbocycles. The number of carbonyl (C=O) groups is 1. The Morgan fingerprint density at radius 2 is 2.00 bits per heavy atom. The van der Waals surface area contributed by atoms with Gasteiger partial charge < -0.3 is 9.67 Å². The molecule has 1 aliphatic rings. The highest BCUT2D eigenvalue weighted by molar-refractivity contribution is 5.66. The van der Waals surface area contributed by atoms with E-state index in [-0.39, 0.29) is 6.42 Å². The predicted molar refractivity (Wildman–Crippen MR) is 92.1 cm³/mol. The molecule has 6 heteroatoms. The Morgan fingerprint density at radius 1 is 1.21 bits per heavy atom. The van der Waals surface area contributed by atoms with E-state index in [2.05, 4.69) is 15.0 Å². The second-order valence-electron chi connectivity index (χ2n) is 6.39. The van der Waals surface area contributed by atoms with E-state index in [1.54, 1.807) is 6.20 Å². The molecular weight excluding hydrogens is 306 g/mol. The van der Waals surface area contributed by atoms with Crippen molar-refractivity contribution in [1.29, 1.82) is 0 Å². The number of nitrogens with zero attached hydrogens (tertiary/aromatic N) is 2. The molecule has 0 radical (unpaired) electrons. The number of carboxylic acid groups (broad SMARTS) is 1. The highest BCUT2D eigenvalue weighted by Gasteiger charge is 2.11. The molecule has 2 rings (SSSR count). The minimum Gasteiger partial charge on any atom is -0.481 e. The van der Waals surface area contributed by atoms with Crippen molar-refractivity contribution in [1.82, 2.24) is 15.0 Å². The molecule has 6 nitrogen and oxygen atoms in total. The average molecular weight is 335 g/mol. The van der Waals surface area contributed by atoms with Gasteiger partial charge in [-0.25, -0.2) is 4.98 Å². The molecule has 1 fully saturated rings. The van der Waals surface area contributed by atoms with Crippen molar-refractivity contribution in [2.45, 2.75) is 70.8 Å². The number of allylic oxidation sites excluding steroid dienone is 2. The van der Waals surface area contributed by atoms with Crippen LogP contribution in [0.4, 0.5) is 0 Å². The summed E-state index contributed by atoms with van der Waals surface area (Å²) in [5.74, 6) is -0.727. The summed E-state index contributed by atoms with van der Waals surface area (Å²) >= 11 is 0. The molecule has 1 heterocycles. The monoisotopic (exact) mass is 335 g/mol. The molecular formula is C18H29N3O3. The number of hydrogen-bond donors (Lipinski definition) is 2. The van der Waals surface area contributed by atoms with Crippen LogP contribution in [-0.4, -0.2) is 27.2 Å². The summed E-state index contributed by atoms with van der Waals surface area (Å²) in [4.78, 5) is 20.2. The third kappa shape index (κ3) is 7.17. The standard InChI is InChI=1S/C18H29N3O3/c22-18(23)10-6-3-7-13-24-20-17(14-21-12-11-19-15-21)16-8-4-1-2-5-9-16/h11-12,15,20H,1-10,13-14H2,(H,22,23). The van der Waals surface area contributed by atoms with Crippen LogP contribution in [0.5, 0.6) is 0 Å². The van der Waals surface area contributed by atoms with E-state index >= 15 is 0 Å². The van der Waals surface area contributed by atoms with Gasteiger partial charge >= 0.3 is 5.97 Å². The van der Waals surface area contributed by atoms with Crippen molar-refractivity contribution in [2.75, 3.05) is 6.61 Å². The lowest BCUT2D eigenvalue weighted by molar-refractivity contribution is -0.137. The lowest BCUT2D eigenvalue weighted by Gasteiger charge is -2.17. The van der Waals surface area contributed by atoms with E-state index in [9.17, 15) is 4.79 Å². The first-order valence-electron chi connectivity index (χ1n) is 9.02. The Bertz CT molecular complexity index is 502. The Kier molecular flexibility index (Phi) is 8.38. The van der Waals surface area contributed by atoms with Gasteiger partial charge in [0.25, 0.3) is 0 Å². The van der Waals surface area contributed by atoms with E-state index < -0.39 is 5.97 Å². The molecule has 24 heavy (non-hydrogen) atoms. The van der Waals surface area contributed by atoms with Crippen molar-refractivity contribution < 1.29 is 14.7 Å². The van der Waals surface area contributed by atoms with E-state index in [4.69, 9.17) is 9.94 Å². The summed E-state index contributed by atoms with van der Waals surface area (Å²) in [5.41, 5.74) is 5.79. The lowest BCUT2D eigenvalue weighted by Crippen LogP contribution is -2.21. The maximum Gasteiger partial charge on any atom is 0.303 e. The lowest BCUT2D eigenvalue weighted by atomic mass is 10.1. The number of rotatable bonds is 10. The van der Waals surface area contributed by atoms with Gasteiger partial charge in [-0.1, -0.05) is 19.3 Å². The number of unbranched alkanes of at least 4 members (excludes halogenated alkanes) is 2. The first-order valence-corrected chi connectivity index (χ1v) is 9.02. The summed E-state index contributed by atoms with van der Waals surface area (Å²) in [6.07, 6.45) is 15.7. The molecule has 0 bridgehead atoms. The molecule has 1 aromatic rings. The predicted octanol–water partition coefficient (Wildman–Crippen LogP) is 3.66. The van der Waals surface area contributed by atoms with Crippen LogP contribution in [0.25, 0.3) is 0 Å². The largest absolute Gasteiger partial charge is 0.481 e. The smallest absolute Gasteiger partial charge is 0.303 e. The second-order valence-corrected chi connectivity index (χ2v) is 6.39. The van der Waals surface area contributed by atoms with Gasteiger partial charge in [0.05, 0.1) is 25.2 Å². The second kappa shape index (κ2) is 10.9. The number of hydrogen-bond acceptors (Lipinski definition) is 4. The number of carboxylic acids is 1. The summed E-state index contributed by atoms with van der Waals surface area (Å²) in [7, 11) is 0. The normalized spacial score (nSPS) is 15.1. The minimum absolute atomic E-state index is 0.239. The summed E-state index contributed by atoms with van der Waals surface area (Å²) in [6.45, 7) is 1.36. The van der Waals surface area contributed by atoms with Crippen molar-refractivity contribution >= 4 is 5.97 Å². The fraction of sp³-hybridized carbons (Fsp3) is 0.667. The van der Waals surface area contributed by atoms with E-state index in [1.807, 2.05) is 12.5 Å². The first kappa shape index (κ1) is 18.5. The van der Waals surface area contributed by atoms with Crippen molar-refractivity contribution in [2.24, 2.45) is 0 Å². The molecule has 0 amide bonds. The Balaban J connectivity index is 1.80. The number of aromatic nitrogens is 2. The fourth-order valence-electron chi connectivity index (χ4n) is 3.00. The van der Waals surface area contributed by atoms with Crippen LogP contribution in [0.3, 0.4) is 0 Å². The van der Waals surface area contributed by atoms with Gasteiger partial charge in [0.1, 0.15) is 0 Å². The van der Waals surface area contributed by atoms with Crippen molar-refractivity contribution in [3.63, 3.8) is 0 Å². The van der Waals surface area contributed by atoms with E-state index in [0.29, 0.717) is 13.0 Å². The molecule has 0 spiro atoms. The molecule has 0 atom stereocenters. The Labute approximate surface area is 143 Å². The van der Waals surface area contributed by atoms with Crippen LogP contribution >= 0.6 is 0 Å². The minimum atomic E-state index is -0.727. The van der Waals surface area contributed by atoms with Gasteiger partial charge in [-0.2, -0.15) is 0 Å². The van der Waals surface area contributed by atoms with Gasteiger partial charge in [-0.3, -0.25) is 15.1 Å². The maximum atomic E-state index is 10.5. The Hall–Kier alpha value is -1.82. The Morgan fingerprint density at radius 3 is 2.67 bits per heavy atom. The molecule has 1 aliphatic carbocycles. The molecule has 0 aliphatic heterocycles. The summed E-state index contributed by atoms with van der Waals surface area (Å²) in [6, 6.07) is 0. The SMILES string of the molecule is O=C(O)CCCCCONC(Cn1ccnc1)=C1CCCCCC1. The van der Waals surface area contributed by atoms with Crippen LogP contribution in [-0.2, 0) is 16.2 Å². The summed E-state index contributed by atoms with van der Waals surface area (Å²) < 4.78 is 2.05. The van der Waals surface area contributed by atoms with Crippen molar-refractivity contribution in [3.8, 4) is 0 Å². The maximum absolute atomic E-state index is 10.5. The van der Waals surface area contributed by atoms with Gasteiger partial charge in [0, 0.05) is 18.8 Å². The molecule has 1 saturated carbocycles. The third-order valence-corrected chi connectivity index (χ3v) is 4.37. The zero-order valence-corrected chi connectivity index (χ0v) is 14.4. The molecule has 0 unspecified atom stereocenters. The molecule has 2 N–H and O–H groups in total. The van der Waals surface area contributed by atoms with Crippen LogP contribution < -0.4 is 5.48 Å². The number of nitrogens with one attached hydrogen (secondary N) is 1. The van der Waals surface area contributed by atoms with E-state index in [1.165, 1.54) is 31.3 Å². The van der Waals surface area contributed by atoms with Crippen LogP contribution in [0.1, 0.15) is 64.2 Å². The van der Waals surface area contributed by atoms with Crippen LogP contribution in [0.15, 0.2) is 30.0 Å². The van der Waals surface area contributed by atoms with Gasteiger partial charge in [0.2, 0.25) is 0 Å². The zero-order valence-electron chi connectivity index (χ0n) is 14.4. The fourth-order valence-corrected chi connectivity index (χ4v) is 3.00. The van der Waals surface area contributed by atoms with Crippen molar-refractivity contribution in [3.05, 3.63) is 30.0 Å². The number of imidazole rings is 1. The average Bonchev–Trinajstić information content (AvgIpc) is 2.92. The van der Waals surface area contributed by atoms with Gasteiger partial charge in [-0.05, 0) is 44.1 Å². The van der Waals surface area contributed by atoms with Crippen LogP contribution in [0, 0.1) is 0 Å². The number of hydroxylamine groups is 1. The topological polar surface area (TPSA) is 76.4 Å². The van der Waals surface area contributed by atoms with Crippen LogP contribution in [0.2, 0.25) is 0 Å². The quantitative estimate of drug-likeness (QED) is 0.388. The highest BCUT2D eigenvalue weighted by Crippen LogP contribution is 2.24. The van der Waals surface area contributed by atoms with E-state index in [0.717, 1.165) is 37.9 Å². The summed E-state index contributed by atoms with van der Waals surface area (Å²) in [5, 5.41) is 8.62. The number of aliphatic carboxylic acids is 1. The van der Waals surface area contributed by atoms with Gasteiger partial charge in [-0.15, -0.1) is 0 Å². The molecule has 1 aromatic heterocycles.